The average molecular weight is 528 g/mol. The van der Waals surface area contributed by atoms with E-state index in [1.54, 1.807) is 30.3 Å². The number of nitrogens with zero attached hydrogens (tertiary/aromatic N) is 1. The summed E-state index contributed by atoms with van der Waals surface area (Å²) in [5, 5.41) is -0.0848. The first-order valence-electron chi connectivity index (χ1n) is 11.0. The van der Waals surface area contributed by atoms with E-state index in [9.17, 15) is 14.0 Å². The Kier molecular flexibility index (Phi) is 8.18. The number of hydrogen-bond donors (Lipinski definition) is 0. The molecule has 0 unspecified atom stereocenters. The normalized spacial score (nSPS) is 14.4. The third-order valence-corrected chi connectivity index (χ3v) is 6.63. The number of rotatable bonds is 9. The van der Waals surface area contributed by atoms with Gasteiger partial charge in [-0.05, 0) is 72.3 Å². The molecule has 6 nitrogen and oxygen atoms in total. The largest absolute Gasteiger partial charge is 0.493 e. The van der Waals surface area contributed by atoms with Crippen molar-refractivity contribution in [1.29, 1.82) is 0 Å². The summed E-state index contributed by atoms with van der Waals surface area (Å²) < 4.78 is 30.8. The second-order valence-corrected chi connectivity index (χ2v) is 9.30. The van der Waals surface area contributed by atoms with Gasteiger partial charge in [-0.25, -0.2) is 4.39 Å². The SMILES string of the molecule is COc1cc(/C=C2\SC(=O)N(CCOc3cccc(C)c3)C2=O)ccc1OCc1c(F)cccc1Cl. The molecule has 4 rings (SSSR count). The molecule has 1 heterocycles. The molecule has 1 saturated heterocycles. The fourth-order valence-electron chi connectivity index (χ4n) is 3.52. The van der Waals surface area contributed by atoms with Crippen molar-refractivity contribution in [3.8, 4) is 17.2 Å². The van der Waals surface area contributed by atoms with E-state index in [1.807, 2.05) is 31.2 Å². The molecule has 0 bridgehead atoms. The number of carbonyl (C=O) groups excluding carboxylic acids is 2. The van der Waals surface area contributed by atoms with Crippen molar-refractivity contribution in [2.24, 2.45) is 0 Å². The standard InChI is InChI=1S/C27H23ClFNO5S/c1-17-5-3-6-19(13-17)34-12-11-30-26(31)25(36-27(30)32)15-18-9-10-23(24(14-18)33-2)35-16-20-21(28)7-4-8-22(20)29/h3-10,13-15H,11-12,16H2,1-2H3/b25-15-. The van der Waals surface area contributed by atoms with Crippen molar-refractivity contribution >= 4 is 40.6 Å². The summed E-state index contributed by atoms with van der Waals surface area (Å²) in [5.41, 5.74) is 1.94. The van der Waals surface area contributed by atoms with Crippen LogP contribution in [0.3, 0.4) is 0 Å². The van der Waals surface area contributed by atoms with E-state index in [1.165, 1.54) is 24.1 Å². The number of benzene rings is 3. The molecule has 0 aromatic heterocycles. The van der Waals surface area contributed by atoms with Gasteiger partial charge in [-0.1, -0.05) is 35.9 Å². The maximum atomic E-state index is 14.0. The summed E-state index contributed by atoms with van der Waals surface area (Å²) in [6.45, 7) is 2.22. The molecule has 0 N–H and O–H groups in total. The topological polar surface area (TPSA) is 65.1 Å². The monoisotopic (exact) mass is 527 g/mol. The first-order chi connectivity index (χ1) is 17.4. The Labute approximate surface area is 217 Å². The van der Waals surface area contributed by atoms with E-state index < -0.39 is 5.82 Å². The lowest BCUT2D eigenvalue weighted by atomic mass is 10.1. The lowest BCUT2D eigenvalue weighted by Crippen LogP contribution is -2.32. The molecule has 36 heavy (non-hydrogen) atoms. The lowest BCUT2D eigenvalue weighted by molar-refractivity contribution is -0.123. The molecule has 2 amide bonds. The number of halogens is 2. The summed E-state index contributed by atoms with van der Waals surface area (Å²) in [4.78, 5) is 26.7. The van der Waals surface area contributed by atoms with Crippen LogP contribution in [-0.2, 0) is 11.4 Å². The first kappa shape index (κ1) is 25.6. The van der Waals surface area contributed by atoms with Gasteiger partial charge in [0.25, 0.3) is 11.1 Å². The number of thioether (sulfide) groups is 1. The molecule has 1 fully saturated rings. The number of ether oxygens (including phenoxy) is 3. The van der Waals surface area contributed by atoms with E-state index in [0.717, 1.165) is 17.3 Å². The van der Waals surface area contributed by atoms with Crippen molar-refractivity contribution in [3.05, 3.63) is 93.1 Å². The lowest BCUT2D eigenvalue weighted by Gasteiger charge is -2.13. The first-order valence-corrected chi connectivity index (χ1v) is 12.2. The Balaban J connectivity index is 1.41. The summed E-state index contributed by atoms with van der Waals surface area (Å²) in [7, 11) is 1.48. The maximum Gasteiger partial charge on any atom is 0.293 e. The highest BCUT2D eigenvalue weighted by Crippen LogP contribution is 2.35. The van der Waals surface area contributed by atoms with Gasteiger partial charge in [0.2, 0.25) is 0 Å². The average Bonchev–Trinajstić information content (AvgIpc) is 3.11. The van der Waals surface area contributed by atoms with Gasteiger partial charge >= 0.3 is 0 Å². The van der Waals surface area contributed by atoms with E-state index in [2.05, 4.69) is 0 Å². The Morgan fingerprint density at radius 3 is 2.58 bits per heavy atom. The van der Waals surface area contributed by atoms with Crippen LogP contribution in [0.2, 0.25) is 5.02 Å². The Morgan fingerprint density at radius 1 is 1.03 bits per heavy atom. The molecule has 186 valence electrons. The fraction of sp³-hybridized carbons (Fsp3) is 0.185. The summed E-state index contributed by atoms with van der Waals surface area (Å²) in [6, 6.07) is 17.0. The molecule has 0 saturated carbocycles. The number of amides is 2. The van der Waals surface area contributed by atoms with Gasteiger partial charge in [0.1, 0.15) is 24.8 Å². The molecule has 3 aromatic carbocycles. The van der Waals surface area contributed by atoms with Crippen LogP contribution in [-0.4, -0.2) is 36.3 Å². The van der Waals surface area contributed by atoms with Crippen molar-refractivity contribution in [3.63, 3.8) is 0 Å². The van der Waals surface area contributed by atoms with Gasteiger partial charge in [0.15, 0.2) is 11.5 Å². The predicted octanol–water partition coefficient (Wildman–Crippen LogP) is 6.49. The molecule has 0 radical (unpaired) electrons. The van der Waals surface area contributed by atoms with Crippen LogP contribution in [0.25, 0.3) is 6.08 Å². The predicted molar refractivity (Wildman–Crippen MR) is 138 cm³/mol. The molecule has 9 heteroatoms. The Bertz CT molecular complexity index is 1310. The van der Waals surface area contributed by atoms with E-state index in [-0.39, 0.29) is 41.5 Å². The van der Waals surface area contributed by atoms with Crippen molar-refractivity contribution in [2.45, 2.75) is 13.5 Å². The Morgan fingerprint density at radius 2 is 1.83 bits per heavy atom. The fourth-order valence-corrected chi connectivity index (χ4v) is 4.60. The molecule has 0 spiro atoms. The summed E-state index contributed by atoms with van der Waals surface area (Å²) >= 11 is 6.93. The minimum Gasteiger partial charge on any atom is -0.493 e. The smallest absolute Gasteiger partial charge is 0.293 e. The number of imide groups is 1. The highest BCUT2D eigenvalue weighted by Gasteiger charge is 2.34. The van der Waals surface area contributed by atoms with Gasteiger partial charge in [0, 0.05) is 5.56 Å². The van der Waals surface area contributed by atoms with E-state index in [4.69, 9.17) is 25.8 Å². The quantitative estimate of drug-likeness (QED) is 0.296. The molecular formula is C27H23ClFNO5S. The number of aryl methyl sites for hydroxylation is 1. The van der Waals surface area contributed by atoms with Crippen molar-refractivity contribution in [1.82, 2.24) is 4.90 Å². The molecular weight excluding hydrogens is 505 g/mol. The third kappa shape index (κ3) is 6.01. The van der Waals surface area contributed by atoms with Crippen molar-refractivity contribution in [2.75, 3.05) is 20.3 Å². The van der Waals surface area contributed by atoms with Crippen LogP contribution in [0.4, 0.5) is 9.18 Å². The molecule has 1 aliphatic heterocycles. The molecule has 0 aliphatic carbocycles. The van der Waals surface area contributed by atoms with E-state index >= 15 is 0 Å². The van der Waals surface area contributed by atoms with E-state index in [0.29, 0.717) is 27.7 Å². The minimum absolute atomic E-state index is 0.0786. The van der Waals surface area contributed by atoms with Crippen LogP contribution < -0.4 is 14.2 Å². The van der Waals surface area contributed by atoms with Crippen LogP contribution in [0.5, 0.6) is 17.2 Å². The molecule has 0 atom stereocenters. The van der Waals surface area contributed by atoms with Crippen LogP contribution in [0.15, 0.2) is 65.6 Å². The number of carbonyl (C=O) groups is 2. The second kappa shape index (κ2) is 11.5. The highest BCUT2D eigenvalue weighted by molar-refractivity contribution is 8.18. The summed E-state index contributed by atoms with van der Waals surface area (Å²) in [5.74, 6) is 0.617. The van der Waals surface area contributed by atoms with Gasteiger partial charge in [-0.15, -0.1) is 0 Å². The van der Waals surface area contributed by atoms with Gasteiger partial charge in [-0.2, -0.15) is 0 Å². The summed E-state index contributed by atoms with van der Waals surface area (Å²) in [6.07, 6.45) is 1.62. The van der Waals surface area contributed by atoms with Crippen LogP contribution in [0.1, 0.15) is 16.7 Å². The Hall–Kier alpha value is -3.49. The number of hydrogen-bond acceptors (Lipinski definition) is 6. The van der Waals surface area contributed by atoms with Crippen LogP contribution in [0, 0.1) is 12.7 Å². The third-order valence-electron chi connectivity index (χ3n) is 5.37. The van der Waals surface area contributed by atoms with Crippen LogP contribution >= 0.6 is 23.4 Å². The van der Waals surface area contributed by atoms with Crippen molar-refractivity contribution < 1.29 is 28.2 Å². The maximum absolute atomic E-state index is 14.0. The molecule has 1 aliphatic rings. The van der Waals surface area contributed by atoms with Gasteiger partial charge in [0.05, 0.1) is 23.6 Å². The highest BCUT2D eigenvalue weighted by atomic mass is 35.5. The van der Waals surface area contributed by atoms with Gasteiger partial charge in [-0.3, -0.25) is 14.5 Å². The zero-order valence-electron chi connectivity index (χ0n) is 19.6. The number of methoxy groups -OCH3 is 1. The second-order valence-electron chi connectivity index (χ2n) is 7.90. The molecule has 3 aromatic rings. The van der Waals surface area contributed by atoms with Gasteiger partial charge < -0.3 is 14.2 Å². The zero-order valence-corrected chi connectivity index (χ0v) is 21.2. The zero-order chi connectivity index (χ0) is 25.7. The minimum atomic E-state index is -0.460.